The number of fused-ring (bicyclic) bond motifs is 1. The zero-order valence-electron chi connectivity index (χ0n) is 8.88. The first-order valence-corrected chi connectivity index (χ1v) is 5.44. The van der Waals surface area contributed by atoms with Crippen LogP contribution in [0.25, 0.3) is 10.9 Å². The van der Waals surface area contributed by atoms with E-state index in [0.717, 1.165) is 23.8 Å². The van der Waals surface area contributed by atoms with Crippen molar-refractivity contribution in [3.8, 4) is 0 Å². The first kappa shape index (κ1) is 10.6. The quantitative estimate of drug-likeness (QED) is 0.731. The van der Waals surface area contributed by atoms with E-state index in [1.165, 1.54) is 12.3 Å². The highest BCUT2D eigenvalue weighted by Crippen LogP contribution is 2.44. The van der Waals surface area contributed by atoms with Gasteiger partial charge in [-0.2, -0.15) is 13.2 Å². The maximum atomic E-state index is 12.7. The van der Waals surface area contributed by atoms with Crippen molar-refractivity contribution in [1.82, 2.24) is 4.98 Å². The minimum Gasteiger partial charge on any atom is -0.256 e. The molecule has 4 heteroatoms. The summed E-state index contributed by atoms with van der Waals surface area (Å²) in [6.45, 7) is 0. The van der Waals surface area contributed by atoms with Crippen LogP contribution in [0.1, 0.15) is 29.9 Å². The first-order valence-electron chi connectivity index (χ1n) is 5.44. The molecule has 0 bridgehead atoms. The van der Waals surface area contributed by atoms with Gasteiger partial charge in [-0.25, -0.2) is 0 Å². The number of halogens is 3. The highest BCUT2D eigenvalue weighted by atomic mass is 19.4. The van der Waals surface area contributed by atoms with Gasteiger partial charge in [-0.05, 0) is 36.5 Å². The highest BCUT2D eigenvalue weighted by molar-refractivity contribution is 5.83. The minimum absolute atomic E-state index is 0.261. The van der Waals surface area contributed by atoms with Crippen LogP contribution in [0.4, 0.5) is 13.2 Å². The lowest BCUT2D eigenvalue weighted by Crippen LogP contribution is -2.06. The second-order valence-corrected chi connectivity index (χ2v) is 4.31. The molecule has 0 amide bonds. The molecule has 1 aliphatic rings. The SMILES string of the molecule is FC(F)(F)c1[c]c2ncccc2c(C2CC2)c1. The molecular weight excluding hydrogens is 227 g/mol. The van der Waals surface area contributed by atoms with Crippen LogP contribution in [-0.4, -0.2) is 4.98 Å². The molecule has 0 spiro atoms. The summed E-state index contributed by atoms with van der Waals surface area (Å²) in [5.74, 6) is 0.261. The largest absolute Gasteiger partial charge is 0.417 e. The Labute approximate surface area is 96.3 Å². The van der Waals surface area contributed by atoms with E-state index < -0.39 is 11.7 Å². The molecule has 1 fully saturated rings. The summed E-state index contributed by atoms with van der Waals surface area (Å²) < 4.78 is 38.2. The van der Waals surface area contributed by atoms with Gasteiger partial charge in [-0.15, -0.1) is 0 Å². The molecule has 0 unspecified atom stereocenters. The Morgan fingerprint density at radius 3 is 2.71 bits per heavy atom. The molecule has 1 aliphatic carbocycles. The van der Waals surface area contributed by atoms with Gasteiger partial charge in [0.25, 0.3) is 0 Å². The number of rotatable bonds is 1. The van der Waals surface area contributed by atoms with E-state index in [2.05, 4.69) is 11.1 Å². The third-order valence-electron chi connectivity index (χ3n) is 2.99. The number of alkyl halides is 3. The molecule has 87 valence electrons. The summed E-state index contributed by atoms with van der Waals surface area (Å²) >= 11 is 0. The van der Waals surface area contributed by atoms with Crippen LogP contribution < -0.4 is 0 Å². The molecule has 3 rings (SSSR count). The van der Waals surface area contributed by atoms with Gasteiger partial charge in [0.2, 0.25) is 0 Å². The highest BCUT2D eigenvalue weighted by Gasteiger charge is 2.34. The molecule has 1 nitrogen and oxygen atoms in total. The fraction of sp³-hybridized carbons (Fsp3) is 0.308. The van der Waals surface area contributed by atoms with Gasteiger partial charge in [0.1, 0.15) is 0 Å². The Bertz CT molecular complexity index is 570. The fourth-order valence-electron chi connectivity index (χ4n) is 2.02. The van der Waals surface area contributed by atoms with Crippen molar-refractivity contribution < 1.29 is 13.2 Å². The summed E-state index contributed by atoms with van der Waals surface area (Å²) in [6.07, 6.45) is -0.929. The summed E-state index contributed by atoms with van der Waals surface area (Å²) in [7, 11) is 0. The number of nitrogens with zero attached hydrogens (tertiary/aromatic N) is 1. The van der Waals surface area contributed by atoms with Crippen LogP contribution in [0.3, 0.4) is 0 Å². The minimum atomic E-state index is -4.35. The lowest BCUT2D eigenvalue weighted by molar-refractivity contribution is -0.137. The van der Waals surface area contributed by atoms with E-state index >= 15 is 0 Å². The topological polar surface area (TPSA) is 12.9 Å². The number of hydrogen-bond acceptors (Lipinski definition) is 1. The van der Waals surface area contributed by atoms with Crippen molar-refractivity contribution >= 4 is 10.9 Å². The predicted octanol–water partition coefficient (Wildman–Crippen LogP) is 3.93. The van der Waals surface area contributed by atoms with Crippen LogP contribution in [0, 0.1) is 6.07 Å². The molecular formula is C13H9F3N. The second kappa shape index (κ2) is 3.45. The van der Waals surface area contributed by atoms with Crippen LogP contribution in [-0.2, 0) is 6.18 Å². The van der Waals surface area contributed by atoms with Gasteiger partial charge in [0.15, 0.2) is 0 Å². The Balaban J connectivity index is 2.27. The summed E-state index contributed by atoms with van der Waals surface area (Å²) in [5.41, 5.74) is 0.356. The molecule has 0 atom stereocenters. The lowest BCUT2D eigenvalue weighted by Gasteiger charge is -2.11. The van der Waals surface area contributed by atoms with Crippen molar-refractivity contribution in [2.45, 2.75) is 24.9 Å². The zero-order chi connectivity index (χ0) is 12.0. The molecule has 17 heavy (non-hydrogen) atoms. The maximum absolute atomic E-state index is 12.7. The van der Waals surface area contributed by atoms with E-state index in [0.29, 0.717) is 5.52 Å². The second-order valence-electron chi connectivity index (χ2n) is 4.31. The Hall–Kier alpha value is -1.58. The Kier molecular flexibility index (Phi) is 2.15. The number of aromatic nitrogens is 1. The summed E-state index contributed by atoms with van der Waals surface area (Å²) in [5, 5.41) is 0.794. The summed E-state index contributed by atoms with van der Waals surface area (Å²) in [6, 6.07) is 7.14. The van der Waals surface area contributed by atoms with Crippen LogP contribution >= 0.6 is 0 Å². The number of hydrogen-bond donors (Lipinski definition) is 0. The standard InChI is InChI=1S/C13H9F3N/c14-13(15,16)9-6-11(8-3-4-8)10-2-1-5-17-12(10)7-9/h1-2,5-6,8H,3-4H2. The smallest absolute Gasteiger partial charge is 0.256 e. The fourth-order valence-corrected chi connectivity index (χ4v) is 2.02. The molecule has 2 aromatic rings. The van der Waals surface area contributed by atoms with Crippen molar-refractivity contribution in [2.24, 2.45) is 0 Å². The molecule has 0 saturated heterocycles. The van der Waals surface area contributed by atoms with Crippen molar-refractivity contribution in [1.29, 1.82) is 0 Å². The van der Waals surface area contributed by atoms with Crippen molar-refractivity contribution in [3.05, 3.63) is 41.6 Å². The van der Waals surface area contributed by atoms with Gasteiger partial charge in [0.05, 0.1) is 11.1 Å². The van der Waals surface area contributed by atoms with E-state index in [4.69, 9.17) is 0 Å². The van der Waals surface area contributed by atoms with Gasteiger partial charge in [0, 0.05) is 17.6 Å². The van der Waals surface area contributed by atoms with Crippen LogP contribution in [0.2, 0.25) is 0 Å². The molecule has 1 radical (unpaired) electrons. The van der Waals surface area contributed by atoms with Gasteiger partial charge in [-0.3, -0.25) is 4.98 Å². The normalized spacial score (nSPS) is 16.4. The molecule has 0 aliphatic heterocycles. The average molecular weight is 236 g/mol. The van der Waals surface area contributed by atoms with E-state index in [1.54, 1.807) is 6.07 Å². The van der Waals surface area contributed by atoms with Crippen LogP contribution in [0.15, 0.2) is 24.4 Å². The lowest BCUT2D eigenvalue weighted by atomic mass is 10.0. The predicted molar refractivity (Wildman–Crippen MR) is 57.6 cm³/mol. The monoisotopic (exact) mass is 236 g/mol. The molecule has 1 heterocycles. The molecule has 1 aromatic carbocycles. The Morgan fingerprint density at radius 2 is 2.06 bits per heavy atom. The van der Waals surface area contributed by atoms with Gasteiger partial charge >= 0.3 is 6.18 Å². The molecule has 0 N–H and O–H groups in total. The van der Waals surface area contributed by atoms with Gasteiger partial charge in [-0.1, -0.05) is 6.07 Å². The molecule has 1 saturated carbocycles. The zero-order valence-corrected chi connectivity index (χ0v) is 8.88. The van der Waals surface area contributed by atoms with E-state index in [-0.39, 0.29) is 5.92 Å². The van der Waals surface area contributed by atoms with E-state index in [9.17, 15) is 13.2 Å². The number of pyridine rings is 1. The van der Waals surface area contributed by atoms with Crippen molar-refractivity contribution in [3.63, 3.8) is 0 Å². The van der Waals surface area contributed by atoms with Crippen LogP contribution in [0.5, 0.6) is 0 Å². The van der Waals surface area contributed by atoms with E-state index in [1.807, 2.05) is 6.07 Å². The third kappa shape index (κ3) is 1.88. The first-order chi connectivity index (χ1) is 8.05. The number of benzene rings is 1. The third-order valence-corrected chi connectivity index (χ3v) is 2.99. The maximum Gasteiger partial charge on any atom is 0.417 e. The van der Waals surface area contributed by atoms with Gasteiger partial charge < -0.3 is 0 Å². The van der Waals surface area contributed by atoms with Crippen molar-refractivity contribution in [2.75, 3.05) is 0 Å². The Morgan fingerprint density at radius 1 is 1.29 bits per heavy atom. The molecule has 1 aromatic heterocycles. The summed E-state index contributed by atoms with van der Waals surface area (Å²) in [4.78, 5) is 3.97. The average Bonchev–Trinajstić information content (AvgIpc) is 3.10.